The van der Waals surface area contributed by atoms with Gasteiger partial charge in [-0.2, -0.15) is 0 Å². The molecule has 2 heterocycles. The molecule has 0 atom stereocenters. The Morgan fingerprint density at radius 2 is 1.94 bits per heavy atom. The summed E-state index contributed by atoms with van der Waals surface area (Å²) in [7, 11) is 0. The van der Waals surface area contributed by atoms with Crippen LogP contribution in [-0.2, 0) is 20.8 Å². The molecule has 0 radical (unpaired) electrons. The number of phenolic OH excluding ortho intramolecular Hbond substituents is 1. The number of carbonyl (C=O) groups is 3. The number of likely N-dealkylation sites (tertiary alicyclic amines) is 1. The van der Waals surface area contributed by atoms with E-state index < -0.39 is 11.6 Å². The van der Waals surface area contributed by atoms with Gasteiger partial charge in [-0.15, -0.1) is 0 Å². The summed E-state index contributed by atoms with van der Waals surface area (Å²) in [6.45, 7) is 2.51. The predicted octanol–water partition coefficient (Wildman–Crippen LogP) is 1.83. The molecular formula is C21H23ClN2O7. The molecule has 2 aromatic rings. The number of hydrogen-bond donors (Lipinski definition) is 3. The number of phenols is 1. The number of halogens is 1. The minimum Gasteiger partial charge on any atom is -0.506 e. The van der Waals surface area contributed by atoms with E-state index in [1.807, 2.05) is 0 Å². The number of hydrogen-bond acceptors (Lipinski definition) is 6. The lowest BCUT2D eigenvalue weighted by molar-refractivity contribution is -0.137. The summed E-state index contributed by atoms with van der Waals surface area (Å²) in [4.78, 5) is 49.4. The Bertz CT molecular complexity index is 1090. The zero-order chi connectivity index (χ0) is 22.7. The summed E-state index contributed by atoms with van der Waals surface area (Å²) >= 11 is 5.96. The molecule has 2 amide bonds. The van der Waals surface area contributed by atoms with Gasteiger partial charge in [-0.1, -0.05) is 11.6 Å². The molecule has 0 saturated carbocycles. The molecule has 1 aromatic heterocycles. The number of nitrogens with zero attached hydrogens (tertiary/aromatic N) is 1. The summed E-state index contributed by atoms with van der Waals surface area (Å²) in [5, 5.41) is 21.6. The number of benzene rings is 1. The number of carboxylic acid groups (broad SMARTS) is 1. The molecule has 0 spiro atoms. The van der Waals surface area contributed by atoms with Crippen molar-refractivity contribution in [1.82, 2.24) is 10.2 Å². The quantitative estimate of drug-likeness (QED) is 0.571. The topological polar surface area (TPSA) is 137 Å². The highest BCUT2D eigenvalue weighted by Gasteiger charge is 2.28. The van der Waals surface area contributed by atoms with Crippen LogP contribution in [0.4, 0.5) is 0 Å². The minimum absolute atomic E-state index is 0.0755. The number of aliphatic carboxylic acids is 1. The minimum atomic E-state index is -0.978. The molecule has 0 aliphatic carbocycles. The highest BCUT2D eigenvalue weighted by molar-refractivity contribution is 6.32. The van der Waals surface area contributed by atoms with Crippen molar-refractivity contribution in [3.05, 3.63) is 38.7 Å². The monoisotopic (exact) mass is 450 g/mol. The van der Waals surface area contributed by atoms with Crippen molar-refractivity contribution in [3.8, 4) is 5.75 Å². The van der Waals surface area contributed by atoms with Gasteiger partial charge < -0.3 is 24.8 Å². The van der Waals surface area contributed by atoms with E-state index in [4.69, 9.17) is 21.1 Å². The number of fused-ring (bicyclic) bond motifs is 1. The SMILES string of the molecule is Cc1c(CC(=O)N2CCC(C(=O)NCCC(=O)O)CC2)c(=O)oc2cc(O)c(Cl)cc12. The molecule has 0 bridgehead atoms. The van der Waals surface area contributed by atoms with Crippen LogP contribution in [-0.4, -0.2) is 52.5 Å². The maximum Gasteiger partial charge on any atom is 0.340 e. The second-order valence-corrected chi connectivity index (χ2v) is 7.97. The molecule has 0 unspecified atom stereocenters. The normalized spacial score (nSPS) is 14.6. The van der Waals surface area contributed by atoms with Crippen molar-refractivity contribution in [3.63, 3.8) is 0 Å². The maximum absolute atomic E-state index is 12.8. The molecule has 1 saturated heterocycles. The first-order valence-electron chi connectivity index (χ1n) is 9.89. The van der Waals surface area contributed by atoms with Gasteiger partial charge in [-0.25, -0.2) is 4.79 Å². The van der Waals surface area contributed by atoms with E-state index in [1.54, 1.807) is 11.8 Å². The van der Waals surface area contributed by atoms with Crippen LogP contribution in [0.5, 0.6) is 5.75 Å². The maximum atomic E-state index is 12.8. The van der Waals surface area contributed by atoms with Crippen molar-refractivity contribution in [2.24, 2.45) is 5.92 Å². The van der Waals surface area contributed by atoms with Crippen molar-refractivity contribution >= 4 is 40.4 Å². The lowest BCUT2D eigenvalue weighted by atomic mass is 9.95. The predicted molar refractivity (Wildman–Crippen MR) is 112 cm³/mol. The number of carboxylic acids is 1. The van der Waals surface area contributed by atoms with Crippen LogP contribution in [0.2, 0.25) is 5.02 Å². The summed E-state index contributed by atoms with van der Waals surface area (Å²) < 4.78 is 5.26. The van der Waals surface area contributed by atoms with Gasteiger partial charge in [0.05, 0.1) is 23.4 Å². The second kappa shape index (κ2) is 9.38. The van der Waals surface area contributed by atoms with E-state index in [-0.39, 0.29) is 59.0 Å². The van der Waals surface area contributed by atoms with Crippen LogP contribution in [0.25, 0.3) is 11.0 Å². The molecule has 10 heteroatoms. The van der Waals surface area contributed by atoms with Crippen molar-refractivity contribution in [2.75, 3.05) is 19.6 Å². The highest BCUT2D eigenvalue weighted by atomic mass is 35.5. The number of aryl methyl sites for hydroxylation is 1. The van der Waals surface area contributed by atoms with Crippen molar-refractivity contribution < 1.29 is 29.0 Å². The molecule has 1 fully saturated rings. The number of piperidine rings is 1. The van der Waals surface area contributed by atoms with E-state index in [2.05, 4.69) is 5.32 Å². The molecule has 1 aliphatic rings. The van der Waals surface area contributed by atoms with Crippen LogP contribution in [0, 0.1) is 12.8 Å². The molecule has 9 nitrogen and oxygen atoms in total. The van der Waals surface area contributed by atoms with Gasteiger partial charge in [0.25, 0.3) is 0 Å². The Hall–Kier alpha value is -3.07. The second-order valence-electron chi connectivity index (χ2n) is 7.56. The average molecular weight is 451 g/mol. The van der Waals surface area contributed by atoms with E-state index in [0.29, 0.717) is 36.9 Å². The van der Waals surface area contributed by atoms with Gasteiger partial charge in [0, 0.05) is 37.0 Å². The lowest BCUT2D eigenvalue weighted by Crippen LogP contribution is -2.44. The van der Waals surface area contributed by atoms with Crippen LogP contribution in [0.1, 0.15) is 30.4 Å². The average Bonchev–Trinajstić information content (AvgIpc) is 2.72. The Balaban J connectivity index is 1.64. The van der Waals surface area contributed by atoms with Gasteiger partial charge in [-0.05, 0) is 31.4 Å². The Kier molecular flexibility index (Phi) is 6.84. The molecular weight excluding hydrogens is 428 g/mol. The molecule has 3 N–H and O–H groups in total. The van der Waals surface area contributed by atoms with E-state index in [1.165, 1.54) is 12.1 Å². The van der Waals surface area contributed by atoms with Gasteiger partial charge in [0.1, 0.15) is 11.3 Å². The number of amides is 2. The van der Waals surface area contributed by atoms with Crippen LogP contribution in [0.15, 0.2) is 21.3 Å². The first-order chi connectivity index (χ1) is 14.7. The smallest absolute Gasteiger partial charge is 0.340 e. The molecule has 31 heavy (non-hydrogen) atoms. The van der Waals surface area contributed by atoms with Crippen LogP contribution < -0.4 is 10.9 Å². The Morgan fingerprint density at radius 3 is 2.58 bits per heavy atom. The van der Waals surface area contributed by atoms with E-state index >= 15 is 0 Å². The number of nitrogens with one attached hydrogen (secondary N) is 1. The third-order valence-corrected chi connectivity index (χ3v) is 5.84. The standard InChI is InChI=1S/C21H23ClN2O7/c1-11-13-8-15(22)16(25)10-17(13)31-21(30)14(11)9-18(26)24-6-3-12(4-7-24)20(29)23-5-2-19(27)28/h8,10,12,25H,2-7,9H2,1H3,(H,23,29)(H,27,28). The first-order valence-corrected chi connectivity index (χ1v) is 10.3. The first kappa shape index (κ1) is 22.6. The fraction of sp³-hybridized carbons (Fsp3) is 0.429. The molecule has 166 valence electrons. The fourth-order valence-corrected chi connectivity index (χ4v) is 3.86. The lowest BCUT2D eigenvalue weighted by Gasteiger charge is -2.31. The van der Waals surface area contributed by atoms with E-state index in [0.717, 1.165) is 0 Å². The third kappa shape index (κ3) is 5.16. The highest BCUT2D eigenvalue weighted by Crippen LogP contribution is 2.31. The Labute approximate surface area is 182 Å². The van der Waals surface area contributed by atoms with Gasteiger partial charge >= 0.3 is 11.6 Å². The number of aromatic hydroxyl groups is 1. The molecule has 3 rings (SSSR count). The fourth-order valence-electron chi connectivity index (χ4n) is 3.69. The van der Waals surface area contributed by atoms with Crippen molar-refractivity contribution in [1.29, 1.82) is 0 Å². The molecule has 1 aliphatic heterocycles. The van der Waals surface area contributed by atoms with Gasteiger partial charge in [0.2, 0.25) is 11.8 Å². The molecule has 1 aromatic carbocycles. The van der Waals surface area contributed by atoms with Gasteiger partial charge in [0.15, 0.2) is 0 Å². The van der Waals surface area contributed by atoms with Gasteiger partial charge in [-0.3, -0.25) is 14.4 Å². The van der Waals surface area contributed by atoms with Crippen LogP contribution >= 0.6 is 11.6 Å². The zero-order valence-corrected chi connectivity index (χ0v) is 17.7. The zero-order valence-electron chi connectivity index (χ0n) is 16.9. The third-order valence-electron chi connectivity index (χ3n) is 5.54. The Morgan fingerprint density at radius 1 is 1.26 bits per heavy atom. The summed E-state index contributed by atoms with van der Waals surface area (Å²) in [6.07, 6.45) is 0.648. The van der Waals surface area contributed by atoms with Crippen molar-refractivity contribution in [2.45, 2.75) is 32.6 Å². The summed E-state index contributed by atoms with van der Waals surface area (Å²) in [5.41, 5.74) is 0.338. The summed E-state index contributed by atoms with van der Waals surface area (Å²) in [6, 6.07) is 2.76. The largest absolute Gasteiger partial charge is 0.506 e. The number of rotatable bonds is 6. The number of carbonyl (C=O) groups excluding carboxylic acids is 2. The summed E-state index contributed by atoms with van der Waals surface area (Å²) in [5.74, 6) is -1.91. The van der Waals surface area contributed by atoms with Crippen LogP contribution in [0.3, 0.4) is 0 Å². The van der Waals surface area contributed by atoms with E-state index in [9.17, 15) is 24.3 Å².